The van der Waals surface area contributed by atoms with Gasteiger partial charge in [0.25, 0.3) is 0 Å². The van der Waals surface area contributed by atoms with Crippen molar-refractivity contribution < 1.29 is 13.9 Å². The molecule has 23 heavy (non-hydrogen) atoms. The normalized spacial score (nSPS) is 16.4. The van der Waals surface area contributed by atoms with Gasteiger partial charge in [0.15, 0.2) is 0 Å². The number of nitrogens with one attached hydrogen (secondary N) is 2. The smallest absolute Gasteiger partial charge is 0.340 e. The van der Waals surface area contributed by atoms with Crippen LogP contribution in [0.15, 0.2) is 53.4 Å². The SMILES string of the molecule is COC(=O)C1=CC2=CNSN2C(F)=C1Nc1ccc(I)cc1C. The Kier molecular flexibility index (Phi) is 4.53. The number of esters is 1. The van der Waals surface area contributed by atoms with Gasteiger partial charge in [-0.1, -0.05) is 0 Å². The van der Waals surface area contributed by atoms with E-state index in [9.17, 15) is 9.18 Å². The molecule has 0 bridgehead atoms. The third-order valence-corrected chi connectivity index (χ3v) is 4.83. The first kappa shape index (κ1) is 16.2. The number of hydrogen-bond acceptors (Lipinski definition) is 6. The lowest BCUT2D eigenvalue weighted by Crippen LogP contribution is -2.24. The first-order valence-electron chi connectivity index (χ1n) is 6.67. The van der Waals surface area contributed by atoms with Crippen LogP contribution in [0.3, 0.4) is 0 Å². The molecule has 0 saturated heterocycles. The van der Waals surface area contributed by atoms with E-state index in [-0.39, 0.29) is 11.3 Å². The second-order valence-electron chi connectivity index (χ2n) is 4.87. The van der Waals surface area contributed by atoms with E-state index in [1.807, 2.05) is 25.1 Å². The second-order valence-corrected chi connectivity index (χ2v) is 6.90. The summed E-state index contributed by atoms with van der Waals surface area (Å²) in [5.74, 6) is -1.14. The monoisotopic (exact) mass is 445 g/mol. The lowest BCUT2D eigenvalue weighted by molar-refractivity contribution is -0.135. The molecule has 0 fully saturated rings. The number of fused-ring (bicyclic) bond motifs is 1. The highest BCUT2D eigenvalue weighted by Crippen LogP contribution is 2.38. The van der Waals surface area contributed by atoms with Crippen LogP contribution >= 0.6 is 34.7 Å². The lowest BCUT2D eigenvalue weighted by atomic mass is 10.1. The molecule has 1 aromatic rings. The Hall–Kier alpha value is -1.68. The van der Waals surface area contributed by atoms with E-state index in [1.165, 1.54) is 11.4 Å². The molecule has 0 radical (unpaired) electrons. The molecule has 5 nitrogen and oxygen atoms in total. The molecule has 0 atom stereocenters. The van der Waals surface area contributed by atoms with Crippen LogP contribution in [0.4, 0.5) is 10.1 Å². The zero-order chi connectivity index (χ0) is 16.6. The molecule has 2 aliphatic rings. The van der Waals surface area contributed by atoms with Crippen molar-refractivity contribution in [3.8, 4) is 0 Å². The van der Waals surface area contributed by atoms with Gasteiger partial charge in [0, 0.05) is 15.5 Å². The van der Waals surface area contributed by atoms with Gasteiger partial charge in [-0.15, -0.1) is 0 Å². The molecule has 0 unspecified atom stereocenters. The van der Waals surface area contributed by atoms with Crippen LogP contribution < -0.4 is 10.0 Å². The van der Waals surface area contributed by atoms with E-state index in [1.54, 1.807) is 12.3 Å². The quantitative estimate of drug-likeness (QED) is 0.321. The number of ether oxygens (including phenoxy) is 1. The van der Waals surface area contributed by atoms with Crippen LogP contribution in [0.2, 0.25) is 0 Å². The maximum atomic E-state index is 14.8. The maximum Gasteiger partial charge on any atom is 0.340 e. The van der Waals surface area contributed by atoms with Gasteiger partial charge < -0.3 is 14.8 Å². The van der Waals surface area contributed by atoms with Gasteiger partial charge in [-0.05, 0) is 59.4 Å². The number of anilines is 1. The highest BCUT2D eigenvalue weighted by Gasteiger charge is 2.33. The summed E-state index contributed by atoms with van der Waals surface area (Å²) in [5.41, 5.74) is 2.48. The molecule has 0 aromatic heterocycles. The lowest BCUT2D eigenvalue weighted by Gasteiger charge is -2.25. The summed E-state index contributed by atoms with van der Waals surface area (Å²) >= 11 is 3.31. The summed E-state index contributed by atoms with van der Waals surface area (Å²) in [5, 5.41) is 3.03. The van der Waals surface area contributed by atoms with Gasteiger partial charge in [-0.2, -0.15) is 4.39 Å². The number of halogens is 2. The van der Waals surface area contributed by atoms with Crippen LogP contribution in [0.25, 0.3) is 0 Å². The maximum absolute atomic E-state index is 14.8. The summed E-state index contributed by atoms with van der Waals surface area (Å²) in [6.45, 7) is 1.92. The fourth-order valence-electron chi connectivity index (χ4n) is 2.23. The minimum Gasteiger partial charge on any atom is -0.465 e. The summed E-state index contributed by atoms with van der Waals surface area (Å²) < 4.78 is 24.9. The van der Waals surface area contributed by atoms with Crippen LogP contribution in [0.1, 0.15) is 5.56 Å². The molecule has 0 aliphatic carbocycles. The van der Waals surface area contributed by atoms with Crippen molar-refractivity contribution in [2.24, 2.45) is 0 Å². The van der Waals surface area contributed by atoms with Crippen molar-refractivity contribution in [2.75, 3.05) is 12.4 Å². The summed E-state index contributed by atoms with van der Waals surface area (Å²) in [4.78, 5) is 12.0. The van der Waals surface area contributed by atoms with Gasteiger partial charge in [0.05, 0.1) is 30.5 Å². The van der Waals surface area contributed by atoms with E-state index >= 15 is 0 Å². The Bertz CT molecular complexity index is 776. The average molecular weight is 445 g/mol. The standard InChI is InChI=1S/C15H13FIN3O2S/c1-8-5-9(17)3-4-12(8)19-13-11(15(21)22-2)6-10-7-18-23-20(10)14(13)16/h3-7,18-19H,1-2H3. The van der Waals surface area contributed by atoms with Gasteiger partial charge >= 0.3 is 5.97 Å². The molecule has 2 heterocycles. The topological polar surface area (TPSA) is 53.6 Å². The van der Waals surface area contributed by atoms with Crippen molar-refractivity contribution >= 4 is 46.4 Å². The Morgan fingerprint density at radius 2 is 2.26 bits per heavy atom. The van der Waals surface area contributed by atoms with Gasteiger partial charge in [-0.3, -0.25) is 0 Å². The summed E-state index contributed by atoms with van der Waals surface area (Å²) in [7, 11) is 1.28. The first-order chi connectivity index (χ1) is 11.0. The van der Waals surface area contributed by atoms with E-state index in [2.05, 4.69) is 32.6 Å². The van der Waals surface area contributed by atoms with Crippen LogP contribution in [0, 0.1) is 10.5 Å². The summed E-state index contributed by atoms with van der Waals surface area (Å²) in [6.07, 6.45) is 3.21. The van der Waals surface area contributed by atoms with E-state index in [4.69, 9.17) is 4.74 Å². The molecule has 120 valence electrons. The molecule has 8 heteroatoms. The molecule has 0 saturated carbocycles. The molecule has 0 amide bonds. The van der Waals surface area contributed by atoms with Crippen molar-refractivity contribution in [3.05, 3.63) is 62.5 Å². The first-order valence-corrected chi connectivity index (χ1v) is 8.52. The van der Waals surface area contributed by atoms with Crippen molar-refractivity contribution in [1.82, 2.24) is 9.03 Å². The van der Waals surface area contributed by atoms with E-state index < -0.39 is 11.9 Å². The molecular weight excluding hydrogens is 432 g/mol. The Labute approximate surface area is 151 Å². The number of methoxy groups -OCH3 is 1. The number of allylic oxidation sites excluding steroid dienone is 1. The average Bonchev–Trinajstić information content (AvgIpc) is 3.00. The van der Waals surface area contributed by atoms with Crippen LogP contribution in [-0.2, 0) is 9.53 Å². The minimum atomic E-state index is -0.594. The van der Waals surface area contributed by atoms with Crippen molar-refractivity contribution in [2.45, 2.75) is 6.92 Å². The van der Waals surface area contributed by atoms with Crippen molar-refractivity contribution in [3.63, 3.8) is 0 Å². The number of hydrogen-bond donors (Lipinski definition) is 2. The molecule has 1 aromatic carbocycles. The largest absolute Gasteiger partial charge is 0.465 e. The number of aryl methyl sites for hydroxylation is 1. The molecule has 2 aliphatic heterocycles. The minimum absolute atomic E-state index is 0.0921. The Balaban J connectivity index is 2.03. The number of benzene rings is 1. The number of nitrogens with zero attached hydrogens (tertiary/aromatic N) is 1. The Morgan fingerprint density at radius 1 is 1.48 bits per heavy atom. The third-order valence-electron chi connectivity index (χ3n) is 3.38. The Morgan fingerprint density at radius 3 is 2.96 bits per heavy atom. The zero-order valence-electron chi connectivity index (χ0n) is 12.3. The number of carbonyl (C=O) groups is 1. The van der Waals surface area contributed by atoms with Crippen molar-refractivity contribution in [1.29, 1.82) is 0 Å². The van der Waals surface area contributed by atoms with Crippen LogP contribution in [0.5, 0.6) is 0 Å². The predicted octanol–water partition coefficient (Wildman–Crippen LogP) is 3.57. The molecule has 0 spiro atoms. The van der Waals surface area contributed by atoms with Gasteiger partial charge in [0.2, 0.25) is 5.95 Å². The molecular formula is C15H13FIN3O2S. The van der Waals surface area contributed by atoms with E-state index in [0.717, 1.165) is 27.0 Å². The fourth-order valence-corrected chi connectivity index (χ4v) is 3.54. The van der Waals surface area contributed by atoms with E-state index in [0.29, 0.717) is 5.70 Å². The highest BCUT2D eigenvalue weighted by atomic mass is 127. The highest BCUT2D eigenvalue weighted by molar-refractivity contribution is 14.1. The molecule has 2 N–H and O–H groups in total. The van der Waals surface area contributed by atoms with Gasteiger partial charge in [-0.25, -0.2) is 9.10 Å². The third kappa shape index (κ3) is 3.05. The molecule has 3 rings (SSSR count). The second kappa shape index (κ2) is 6.44. The number of carbonyl (C=O) groups excluding carboxylic acids is 1. The summed E-state index contributed by atoms with van der Waals surface area (Å²) in [6, 6.07) is 5.74. The predicted molar refractivity (Wildman–Crippen MR) is 96.4 cm³/mol. The number of rotatable bonds is 3. The van der Waals surface area contributed by atoms with Crippen LogP contribution in [-0.4, -0.2) is 17.4 Å². The fraction of sp³-hybridized carbons (Fsp3) is 0.133. The van der Waals surface area contributed by atoms with Gasteiger partial charge in [0.1, 0.15) is 5.70 Å². The zero-order valence-corrected chi connectivity index (χ0v) is 15.3.